The molecule has 2 aromatic carbocycles. The van der Waals surface area contributed by atoms with Gasteiger partial charge in [0.2, 0.25) is 0 Å². The average molecular weight is 540 g/mol. The molecule has 0 saturated heterocycles. The lowest BCUT2D eigenvalue weighted by Crippen LogP contribution is -2.47. The highest BCUT2D eigenvalue weighted by Crippen LogP contribution is 2.31. The summed E-state index contributed by atoms with van der Waals surface area (Å²) in [5.41, 5.74) is -2.78. The van der Waals surface area contributed by atoms with Crippen LogP contribution in [0.2, 0.25) is 0 Å². The molecule has 190 valence electrons. The fraction of sp³-hybridized carbons (Fsp3) is 0.429. The van der Waals surface area contributed by atoms with E-state index in [0.29, 0.717) is 30.9 Å². The first-order valence-electron chi connectivity index (χ1n) is 10.3. The topological polar surface area (TPSA) is 95.6 Å². The van der Waals surface area contributed by atoms with Crippen molar-refractivity contribution < 1.29 is 30.0 Å². The van der Waals surface area contributed by atoms with Gasteiger partial charge in [-0.3, -0.25) is 0 Å². The van der Waals surface area contributed by atoms with Crippen molar-refractivity contribution >= 4 is 31.6 Å². The smallest absolute Gasteiger partial charge is 0.304 e. The van der Waals surface area contributed by atoms with Crippen molar-refractivity contribution in [2.24, 2.45) is 0 Å². The molecule has 34 heavy (non-hydrogen) atoms. The summed E-state index contributed by atoms with van der Waals surface area (Å²) < 4.78 is 87.3. The van der Waals surface area contributed by atoms with E-state index in [-0.39, 0.29) is 12.1 Å². The van der Waals surface area contributed by atoms with Gasteiger partial charge in [-0.05, 0) is 64.2 Å². The van der Waals surface area contributed by atoms with Crippen LogP contribution >= 0.6 is 11.8 Å². The summed E-state index contributed by atoms with van der Waals surface area (Å²) >= 11 is 1.52. The number of nitrogens with zero attached hydrogens (tertiary/aromatic N) is 1. The second kappa shape index (κ2) is 11.9. The van der Waals surface area contributed by atoms with Gasteiger partial charge in [0.15, 0.2) is 0 Å². The van der Waals surface area contributed by atoms with E-state index in [1.807, 2.05) is 51.2 Å². The average Bonchev–Trinajstić information content (AvgIpc) is 2.78. The van der Waals surface area contributed by atoms with E-state index in [0.717, 1.165) is 17.0 Å². The molecule has 0 bridgehead atoms. The van der Waals surface area contributed by atoms with Crippen LogP contribution < -0.4 is 10.3 Å². The van der Waals surface area contributed by atoms with Gasteiger partial charge >= 0.3 is 5.51 Å². The molecule has 0 heterocycles. The molecular weight excluding hydrogens is 511 g/mol. The molecule has 2 N–H and O–H groups in total. The molecule has 2 rings (SSSR count). The molecule has 7 nitrogen and oxygen atoms in total. The molecule has 0 aliphatic heterocycles. The largest absolute Gasteiger partial charge is 0.501 e. The minimum absolute atomic E-state index is 0.289. The molecule has 0 aliphatic rings. The fourth-order valence-electron chi connectivity index (χ4n) is 2.69. The number of sulfone groups is 1. The third kappa shape index (κ3) is 7.95. The normalized spacial score (nSPS) is 14.0. The first-order chi connectivity index (χ1) is 15.7. The number of hydrazine groups is 1. The van der Waals surface area contributed by atoms with E-state index in [1.54, 1.807) is 0 Å². The van der Waals surface area contributed by atoms with E-state index in [9.17, 15) is 30.0 Å². The number of alkyl halides is 3. The van der Waals surface area contributed by atoms with E-state index in [1.165, 1.54) is 11.8 Å². The lowest BCUT2D eigenvalue weighted by Gasteiger charge is -2.25. The monoisotopic (exact) mass is 539 g/mol. The van der Waals surface area contributed by atoms with Gasteiger partial charge in [0, 0.05) is 22.7 Å². The summed E-state index contributed by atoms with van der Waals surface area (Å²) in [6, 6.07) is 12.7. The van der Waals surface area contributed by atoms with Crippen molar-refractivity contribution in [3.63, 3.8) is 0 Å². The molecule has 0 radical (unpaired) electrons. The highest BCUT2D eigenvalue weighted by atomic mass is 32.2. The van der Waals surface area contributed by atoms with Gasteiger partial charge in [-0.25, -0.2) is 22.3 Å². The zero-order valence-electron chi connectivity index (χ0n) is 18.9. The van der Waals surface area contributed by atoms with Crippen LogP contribution in [0.5, 0.6) is 0 Å². The van der Waals surface area contributed by atoms with Gasteiger partial charge in [-0.2, -0.15) is 13.2 Å². The number of benzene rings is 2. The minimum atomic E-state index is -5.68. The van der Waals surface area contributed by atoms with Crippen molar-refractivity contribution in [1.82, 2.24) is 15.2 Å². The molecule has 2 aromatic rings. The number of rotatable bonds is 12. The summed E-state index contributed by atoms with van der Waals surface area (Å²) in [7, 11) is -8.07. The second-order valence-corrected chi connectivity index (χ2v) is 12.6. The first kappa shape index (κ1) is 28.6. The molecule has 0 spiro atoms. The van der Waals surface area contributed by atoms with Crippen LogP contribution in [0.3, 0.4) is 0 Å². The zero-order valence-corrected chi connectivity index (χ0v) is 21.4. The van der Waals surface area contributed by atoms with Gasteiger partial charge in [0.1, 0.15) is 0 Å². The van der Waals surface area contributed by atoms with Crippen LogP contribution in [0.4, 0.5) is 13.2 Å². The summed E-state index contributed by atoms with van der Waals surface area (Å²) in [5, 5.41) is 0. The van der Waals surface area contributed by atoms with Crippen molar-refractivity contribution in [3.8, 4) is 0 Å². The Morgan fingerprint density at radius 3 is 2.18 bits per heavy atom. The fourth-order valence-corrected chi connectivity index (χ4v) is 5.54. The summed E-state index contributed by atoms with van der Waals surface area (Å²) in [4.78, 5) is 3.56. The second-order valence-electron chi connectivity index (χ2n) is 7.86. The predicted molar refractivity (Wildman–Crippen MR) is 126 cm³/mol. The Hall–Kier alpha value is -1.64. The van der Waals surface area contributed by atoms with Gasteiger partial charge in [-0.15, -0.1) is 16.6 Å². The van der Waals surface area contributed by atoms with Gasteiger partial charge in [0.05, 0.1) is 9.79 Å². The first-order valence-corrected chi connectivity index (χ1v) is 14.3. The molecule has 0 aromatic heterocycles. The summed E-state index contributed by atoms with van der Waals surface area (Å²) in [6.07, 6.45) is 0.583. The van der Waals surface area contributed by atoms with Crippen molar-refractivity contribution in [2.75, 3.05) is 19.3 Å². The number of halogens is 3. The lowest BCUT2D eigenvalue weighted by molar-refractivity contribution is -0.0436. The number of hydrogen-bond donors (Lipinski definition) is 2. The number of sulfonamides is 1. The molecule has 1 atom stereocenters. The molecule has 0 fully saturated rings. The van der Waals surface area contributed by atoms with Gasteiger partial charge < -0.3 is 4.90 Å². The standard InChI is InChI=1S/C21H28F3N3O4S3/c1-16(2)27(3)13-12-17(15-32-18-8-5-4-6-9-18)25-26-34(30,31)20-11-7-10-19(14-20)33(28,29)21(22,23)24/h4-11,14,16-17,25-26H,12-13,15H2,1-3H3/t17-/m1/s1. The Morgan fingerprint density at radius 1 is 0.971 bits per heavy atom. The Kier molecular flexibility index (Phi) is 9.98. The molecular formula is C21H28F3N3O4S3. The van der Waals surface area contributed by atoms with Crippen LogP contribution in [-0.4, -0.2) is 58.7 Å². The summed E-state index contributed by atoms with van der Waals surface area (Å²) in [6.45, 7) is 4.74. The highest BCUT2D eigenvalue weighted by molar-refractivity contribution is 7.99. The summed E-state index contributed by atoms with van der Waals surface area (Å²) in [5.74, 6) is 0.515. The maximum atomic E-state index is 12.9. The van der Waals surface area contributed by atoms with E-state index >= 15 is 0 Å². The van der Waals surface area contributed by atoms with E-state index in [2.05, 4.69) is 15.2 Å². The Bertz CT molecular complexity index is 1140. The minimum Gasteiger partial charge on any atom is -0.304 e. The van der Waals surface area contributed by atoms with E-state index in [4.69, 9.17) is 0 Å². The predicted octanol–water partition coefficient (Wildman–Crippen LogP) is 3.65. The SMILES string of the molecule is CC(C)N(C)CC[C@H](CSc1ccccc1)NNS(=O)(=O)c1cccc(S(=O)(=O)C(F)(F)F)c1. The van der Waals surface area contributed by atoms with Gasteiger partial charge in [-0.1, -0.05) is 24.3 Å². The maximum Gasteiger partial charge on any atom is 0.501 e. The van der Waals surface area contributed by atoms with Crippen LogP contribution in [-0.2, 0) is 19.9 Å². The molecule has 0 aliphatic carbocycles. The van der Waals surface area contributed by atoms with Gasteiger partial charge in [0.25, 0.3) is 19.9 Å². The molecule has 0 saturated carbocycles. The maximum absolute atomic E-state index is 12.9. The number of hydrogen-bond acceptors (Lipinski definition) is 7. The lowest BCUT2D eigenvalue weighted by atomic mass is 10.2. The number of nitrogens with one attached hydrogen (secondary N) is 2. The Labute approximate surface area is 203 Å². The molecule has 13 heteroatoms. The Morgan fingerprint density at radius 2 is 1.59 bits per heavy atom. The van der Waals surface area contributed by atoms with Crippen LogP contribution in [0.25, 0.3) is 0 Å². The van der Waals surface area contributed by atoms with Crippen molar-refractivity contribution in [1.29, 1.82) is 0 Å². The number of thioether (sulfide) groups is 1. The van der Waals surface area contributed by atoms with Crippen LogP contribution in [0, 0.1) is 0 Å². The zero-order chi connectivity index (χ0) is 25.6. The highest BCUT2D eigenvalue weighted by Gasteiger charge is 2.47. The molecule has 0 amide bonds. The van der Waals surface area contributed by atoms with Crippen LogP contribution in [0.15, 0.2) is 69.3 Å². The Balaban J connectivity index is 2.16. The third-order valence-electron chi connectivity index (χ3n) is 5.03. The third-order valence-corrected chi connectivity index (χ3v) is 8.95. The van der Waals surface area contributed by atoms with E-state index < -0.39 is 35.2 Å². The van der Waals surface area contributed by atoms with Crippen molar-refractivity contribution in [3.05, 3.63) is 54.6 Å². The molecule has 0 unspecified atom stereocenters. The van der Waals surface area contributed by atoms with Crippen molar-refractivity contribution in [2.45, 2.75) is 52.5 Å². The quantitative estimate of drug-likeness (QED) is 0.314. The van der Waals surface area contributed by atoms with Crippen LogP contribution in [0.1, 0.15) is 20.3 Å².